The highest BCUT2D eigenvalue weighted by molar-refractivity contribution is 6.22. The summed E-state index contributed by atoms with van der Waals surface area (Å²) in [5, 5.41) is 8.93. The van der Waals surface area contributed by atoms with Gasteiger partial charge in [-0.2, -0.15) is 5.26 Å². The van der Waals surface area contributed by atoms with Crippen molar-refractivity contribution in [1.29, 1.82) is 5.26 Å². The van der Waals surface area contributed by atoms with Gasteiger partial charge in [-0.25, -0.2) is 4.90 Å². The molecule has 0 bridgehead atoms. The summed E-state index contributed by atoms with van der Waals surface area (Å²) in [4.78, 5) is 42.5. The smallest absolute Gasteiger partial charge is 0.251 e. The van der Waals surface area contributed by atoms with E-state index in [-0.39, 0.29) is 24.0 Å². The van der Waals surface area contributed by atoms with E-state index >= 15 is 0 Å². The van der Waals surface area contributed by atoms with Crippen molar-refractivity contribution in [2.45, 2.75) is 19.4 Å². The van der Waals surface area contributed by atoms with Crippen molar-refractivity contribution in [3.05, 3.63) is 59.7 Å². The van der Waals surface area contributed by atoms with Gasteiger partial charge in [0, 0.05) is 37.4 Å². The molecule has 0 aromatic heterocycles. The van der Waals surface area contributed by atoms with Crippen molar-refractivity contribution >= 4 is 29.0 Å². The van der Waals surface area contributed by atoms with Crippen LogP contribution in [0.3, 0.4) is 0 Å². The number of hydrogen-bond donors (Lipinski definition) is 0. The molecule has 7 nitrogen and oxygen atoms in total. The number of imide groups is 1. The van der Waals surface area contributed by atoms with Crippen LogP contribution in [0.2, 0.25) is 0 Å². The largest absolute Gasteiger partial charge is 0.369 e. The van der Waals surface area contributed by atoms with Crippen molar-refractivity contribution in [3.8, 4) is 6.07 Å². The molecule has 2 heterocycles. The molecule has 2 amide bonds. The monoisotopic (exact) mass is 402 g/mol. The first-order chi connectivity index (χ1) is 14.5. The van der Waals surface area contributed by atoms with Crippen molar-refractivity contribution in [3.63, 3.8) is 0 Å². The normalized spacial score (nSPS) is 19.8. The lowest BCUT2D eigenvalue weighted by Crippen LogP contribution is -2.52. The van der Waals surface area contributed by atoms with Crippen LogP contribution in [0.4, 0.5) is 11.4 Å². The Balaban J connectivity index is 1.41. The number of benzene rings is 2. The van der Waals surface area contributed by atoms with E-state index in [9.17, 15) is 14.4 Å². The van der Waals surface area contributed by atoms with E-state index in [1.165, 1.54) is 4.90 Å². The number of carbonyl (C=O) groups is 3. The van der Waals surface area contributed by atoms with Crippen LogP contribution in [0.1, 0.15) is 29.3 Å². The summed E-state index contributed by atoms with van der Waals surface area (Å²) >= 11 is 0. The summed E-state index contributed by atoms with van der Waals surface area (Å²) in [6.07, 6.45) is 0.173. The van der Waals surface area contributed by atoms with Crippen molar-refractivity contribution in [2.24, 2.45) is 0 Å². The summed E-state index contributed by atoms with van der Waals surface area (Å²) < 4.78 is 0. The van der Waals surface area contributed by atoms with Crippen LogP contribution in [0.25, 0.3) is 0 Å². The first kappa shape index (κ1) is 19.8. The topological polar surface area (TPSA) is 84.7 Å². The van der Waals surface area contributed by atoms with Gasteiger partial charge >= 0.3 is 0 Å². The summed E-state index contributed by atoms with van der Waals surface area (Å²) in [6, 6.07) is 15.6. The molecule has 1 unspecified atom stereocenters. The third-order valence-corrected chi connectivity index (χ3v) is 5.77. The van der Waals surface area contributed by atoms with Gasteiger partial charge < -0.3 is 4.90 Å². The number of anilines is 2. The first-order valence-corrected chi connectivity index (χ1v) is 9.95. The highest BCUT2D eigenvalue weighted by Crippen LogP contribution is 2.27. The van der Waals surface area contributed by atoms with Gasteiger partial charge in [-0.15, -0.1) is 0 Å². The summed E-state index contributed by atoms with van der Waals surface area (Å²) in [5.41, 5.74) is 2.74. The number of rotatable bonds is 4. The van der Waals surface area contributed by atoms with Gasteiger partial charge in [0.05, 0.1) is 29.8 Å². The van der Waals surface area contributed by atoms with Crippen LogP contribution in [-0.2, 0) is 9.59 Å². The molecule has 2 saturated heterocycles. The van der Waals surface area contributed by atoms with E-state index in [1.54, 1.807) is 31.2 Å². The predicted octanol–water partition coefficient (Wildman–Crippen LogP) is 2.21. The van der Waals surface area contributed by atoms with Crippen molar-refractivity contribution < 1.29 is 14.4 Å². The Kier molecular flexibility index (Phi) is 5.34. The third-order valence-electron chi connectivity index (χ3n) is 5.77. The van der Waals surface area contributed by atoms with Crippen LogP contribution in [-0.4, -0.2) is 54.7 Å². The fourth-order valence-electron chi connectivity index (χ4n) is 4.06. The molecule has 2 aliphatic rings. The summed E-state index contributed by atoms with van der Waals surface area (Å²) in [7, 11) is 0. The Morgan fingerprint density at radius 1 is 0.933 bits per heavy atom. The van der Waals surface area contributed by atoms with Gasteiger partial charge in [0.25, 0.3) is 5.91 Å². The van der Waals surface area contributed by atoms with Crippen LogP contribution in [0.5, 0.6) is 0 Å². The maximum Gasteiger partial charge on any atom is 0.251 e. The minimum Gasteiger partial charge on any atom is -0.369 e. The molecule has 2 aromatic carbocycles. The number of piperazine rings is 1. The van der Waals surface area contributed by atoms with Crippen LogP contribution >= 0.6 is 0 Å². The third kappa shape index (κ3) is 3.70. The van der Waals surface area contributed by atoms with Gasteiger partial charge in [-0.1, -0.05) is 0 Å². The number of nitrogens with zero attached hydrogens (tertiary/aromatic N) is 4. The molecule has 0 saturated carbocycles. The molecule has 0 aliphatic carbocycles. The molecule has 1 atom stereocenters. The van der Waals surface area contributed by atoms with Crippen molar-refractivity contribution in [1.82, 2.24) is 4.90 Å². The minimum atomic E-state index is -0.449. The summed E-state index contributed by atoms with van der Waals surface area (Å²) in [6.45, 7) is 4.40. The quantitative estimate of drug-likeness (QED) is 0.576. The van der Waals surface area contributed by atoms with E-state index in [0.29, 0.717) is 29.9 Å². The average molecular weight is 402 g/mol. The Morgan fingerprint density at radius 2 is 1.53 bits per heavy atom. The van der Waals surface area contributed by atoms with Gasteiger partial charge in [0.2, 0.25) is 5.91 Å². The molecule has 0 N–H and O–H groups in total. The molecule has 2 aromatic rings. The van der Waals surface area contributed by atoms with Crippen LogP contribution in [0, 0.1) is 11.3 Å². The highest BCUT2D eigenvalue weighted by atomic mass is 16.2. The lowest BCUT2D eigenvalue weighted by Gasteiger charge is -2.38. The lowest BCUT2D eigenvalue weighted by atomic mass is 10.1. The van der Waals surface area contributed by atoms with Gasteiger partial charge in [-0.05, 0) is 55.5 Å². The number of ketones is 1. The Hall–Kier alpha value is -3.50. The Morgan fingerprint density at radius 3 is 2.10 bits per heavy atom. The zero-order valence-electron chi connectivity index (χ0n) is 16.7. The Labute approximate surface area is 175 Å². The second-order valence-corrected chi connectivity index (χ2v) is 7.57. The molecule has 2 aliphatic heterocycles. The maximum atomic E-state index is 13.0. The van der Waals surface area contributed by atoms with Gasteiger partial charge in [0.1, 0.15) is 0 Å². The SMILES string of the molecule is CC(=O)c1ccc(N2CCN(C3CC(=O)N(c4ccc(C#N)cc4)C3=O)CC2)cc1. The van der Waals surface area contributed by atoms with Crippen LogP contribution < -0.4 is 9.80 Å². The Bertz CT molecular complexity index is 1020. The second kappa shape index (κ2) is 8.09. The molecule has 0 radical (unpaired) electrons. The second-order valence-electron chi connectivity index (χ2n) is 7.57. The number of nitriles is 1. The zero-order chi connectivity index (χ0) is 21.3. The lowest BCUT2D eigenvalue weighted by molar-refractivity contribution is -0.123. The first-order valence-electron chi connectivity index (χ1n) is 9.95. The van der Waals surface area contributed by atoms with E-state index < -0.39 is 6.04 Å². The van der Waals surface area contributed by atoms with Crippen LogP contribution in [0.15, 0.2) is 48.5 Å². The van der Waals surface area contributed by atoms with E-state index in [1.807, 2.05) is 30.3 Å². The molecule has 4 rings (SSSR count). The number of hydrogen-bond acceptors (Lipinski definition) is 6. The van der Waals surface area contributed by atoms with E-state index in [0.717, 1.165) is 18.8 Å². The molecular weight excluding hydrogens is 380 g/mol. The average Bonchev–Trinajstić information content (AvgIpc) is 3.08. The number of Topliss-reactive ketones (excluding diaryl/α,β-unsaturated/α-hetero) is 1. The summed E-state index contributed by atoms with van der Waals surface area (Å²) in [5.74, 6) is -0.372. The fourth-order valence-corrected chi connectivity index (χ4v) is 4.06. The predicted molar refractivity (Wildman–Crippen MR) is 112 cm³/mol. The standard InChI is InChI=1S/C23H22N4O3/c1-16(28)18-4-8-19(9-5-18)25-10-12-26(13-11-25)21-14-22(29)27(23(21)30)20-6-2-17(15-24)3-7-20/h2-9,21H,10-14H2,1H3. The molecular formula is C23H22N4O3. The van der Waals surface area contributed by atoms with Gasteiger partial charge in [0.15, 0.2) is 5.78 Å². The van der Waals surface area contributed by atoms with Crippen molar-refractivity contribution in [2.75, 3.05) is 36.0 Å². The maximum absolute atomic E-state index is 13.0. The number of carbonyl (C=O) groups excluding carboxylic acids is 3. The molecule has 2 fully saturated rings. The number of amides is 2. The zero-order valence-corrected chi connectivity index (χ0v) is 16.7. The van der Waals surface area contributed by atoms with E-state index in [4.69, 9.17) is 5.26 Å². The molecule has 0 spiro atoms. The van der Waals surface area contributed by atoms with E-state index in [2.05, 4.69) is 9.80 Å². The molecule has 30 heavy (non-hydrogen) atoms. The van der Waals surface area contributed by atoms with Gasteiger partial charge in [-0.3, -0.25) is 19.3 Å². The fraction of sp³-hybridized carbons (Fsp3) is 0.304. The molecule has 7 heteroatoms. The highest BCUT2D eigenvalue weighted by Gasteiger charge is 2.43. The minimum absolute atomic E-state index is 0.0441. The molecule has 152 valence electrons.